The minimum absolute atomic E-state index is 0.0320. The first-order chi connectivity index (χ1) is 11.3. The van der Waals surface area contributed by atoms with Crippen LogP contribution in [0.1, 0.15) is 25.7 Å². The Hall–Kier alpha value is -2.45. The Kier molecular flexibility index (Phi) is 5.20. The van der Waals surface area contributed by atoms with Gasteiger partial charge >= 0.3 is 11.9 Å². The van der Waals surface area contributed by atoms with Crippen LogP contribution in [0.4, 0.5) is 10.1 Å². The zero-order valence-corrected chi connectivity index (χ0v) is 13.7. The summed E-state index contributed by atoms with van der Waals surface area (Å²) in [6.07, 6.45) is 0.362. The molecule has 1 aromatic rings. The highest BCUT2D eigenvalue weighted by Gasteiger charge is 2.39. The maximum atomic E-state index is 13.9. The van der Waals surface area contributed by atoms with Crippen molar-refractivity contribution in [2.75, 3.05) is 19.5 Å². The summed E-state index contributed by atoms with van der Waals surface area (Å²) < 4.78 is 34.0. The Morgan fingerprint density at radius 1 is 1.17 bits per heavy atom. The van der Waals surface area contributed by atoms with E-state index in [1.807, 2.05) is 0 Å². The first-order valence-corrected chi connectivity index (χ1v) is 7.06. The fourth-order valence-corrected chi connectivity index (χ4v) is 2.10. The molecule has 24 heavy (non-hydrogen) atoms. The third-order valence-electron chi connectivity index (χ3n) is 3.18. The Labute approximate surface area is 138 Å². The lowest BCUT2D eigenvalue weighted by molar-refractivity contribution is -0.222. The lowest BCUT2D eigenvalue weighted by Crippen LogP contribution is -2.42. The van der Waals surface area contributed by atoms with Crippen LogP contribution in [0.2, 0.25) is 0 Å². The molecule has 0 unspecified atom stereocenters. The monoisotopic (exact) mass is 339 g/mol. The number of hydrogen-bond acceptors (Lipinski definition) is 7. The first-order valence-electron chi connectivity index (χ1n) is 7.06. The lowest BCUT2D eigenvalue weighted by atomic mass is 10.1. The zero-order valence-electron chi connectivity index (χ0n) is 13.7. The van der Waals surface area contributed by atoms with E-state index < -0.39 is 29.8 Å². The molecule has 2 rings (SSSR count). The summed E-state index contributed by atoms with van der Waals surface area (Å²) in [5, 5.41) is 2.56. The first kappa shape index (κ1) is 17.9. The summed E-state index contributed by atoms with van der Waals surface area (Å²) in [5.41, 5.74) is 0.218. The molecule has 0 aliphatic carbocycles. The molecule has 0 aromatic heterocycles. The van der Waals surface area contributed by atoms with E-state index in [-0.39, 0.29) is 11.3 Å². The molecule has 1 aliphatic rings. The fourth-order valence-electron chi connectivity index (χ4n) is 2.10. The number of hydrogen-bond donors (Lipinski definition) is 1. The number of cyclic esters (lactones) is 2. The van der Waals surface area contributed by atoms with Crippen LogP contribution in [-0.4, -0.2) is 31.9 Å². The Balaban J connectivity index is 2.23. The lowest BCUT2D eigenvalue weighted by Gasteiger charge is -2.29. The van der Waals surface area contributed by atoms with E-state index >= 15 is 0 Å². The molecule has 0 amide bonds. The molecule has 8 heteroatoms. The van der Waals surface area contributed by atoms with Crippen molar-refractivity contribution < 1.29 is 32.9 Å². The average molecular weight is 339 g/mol. The van der Waals surface area contributed by atoms with Crippen LogP contribution in [0.3, 0.4) is 0 Å². The van der Waals surface area contributed by atoms with Crippen LogP contribution in [0.15, 0.2) is 30.0 Å². The molecule has 1 aliphatic heterocycles. The van der Waals surface area contributed by atoms with Gasteiger partial charge in [0, 0.05) is 39.8 Å². The molecule has 1 fully saturated rings. The fraction of sp³-hybridized carbons (Fsp3) is 0.375. The van der Waals surface area contributed by atoms with E-state index in [1.165, 1.54) is 46.3 Å². The second-order valence-corrected chi connectivity index (χ2v) is 5.42. The predicted molar refractivity (Wildman–Crippen MR) is 81.1 cm³/mol. The number of carbonyl (C=O) groups excluding carboxylic acids is 2. The van der Waals surface area contributed by atoms with Gasteiger partial charge in [-0.2, -0.15) is 0 Å². The molecule has 0 radical (unpaired) electrons. The number of halogens is 1. The largest absolute Gasteiger partial charge is 0.419 e. The standard InChI is InChI=1S/C16H18FNO6/c1-16(2)23-13(19)10(14(20)24-16)8-18-12-7-9(5-6-11(12)17)15(21-3)22-4/h5-8,15,18H,1-4H3. The summed E-state index contributed by atoms with van der Waals surface area (Å²) in [6, 6.07) is 4.15. The molecule has 1 N–H and O–H groups in total. The number of esters is 2. The van der Waals surface area contributed by atoms with Crippen LogP contribution in [0, 0.1) is 5.82 Å². The number of carbonyl (C=O) groups is 2. The van der Waals surface area contributed by atoms with Gasteiger partial charge in [0.05, 0.1) is 5.69 Å². The van der Waals surface area contributed by atoms with Crippen molar-refractivity contribution in [3.8, 4) is 0 Å². The zero-order chi connectivity index (χ0) is 17.9. The van der Waals surface area contributed by atoms with Gasteiger partial charge in [0.1, 0.15) is 5.82 Å². The summed E-state index contributed by atoms with van der Waals surface area (Å²) in [6.45, 7) is 2.87. The van der Waals surface area contributed by atoms with Crippen LogP contribution >= 0.6 is 0 Å². The van der Waals surface area contributed by atoms with Crippen LogP contribution < -0.4 is 5.32 Å². The third kappa shape index (κ3) is 3.90. The van der Waals surface area contributed by atoms with Crippen molar-refractivity contribution in [1.82, 2.24) is 0 Å². The maximum absolute atomic E-state index is 13.9. The highest BCUT2D eigenvalue weighted by molar-refractivity contribution is 6.15. The van der Waals surface area contributed by atoms with E-state index in [0.29, 0.717) is 5.56 Å². The van der Waals surface area contributed by atoms with Gasteiger partial charge in [-0.15, -0.1) is 0 Å². The van der Waals surface area contributed by atoms with E-state index in [0.717, 1.165) is 6.20 Å². The number of benzene rings is 1. The maximum Gasteiger partial charge on any atom is 0.350 e. The number of methoxy groups -OCH3 is 2. The van der Waals surface area contributed by atoms with Gasteiger partial charge in [0.15, 0.2) is 11.9 Å². The van der Waals surface area contributed by atoms with Crippen molar-refractivity contribution in [1.29, 1.82) is 0 Å². The average Bonchev–Trinajstić information content (AvgIpc) is 2.49. The van der Waals surface area contributed by atoms with Gasteiger partial charge < -0.3 is 24.3 Å². The van der Waals surface area contributed by atoms with Crippen LogP contribution in [-0.2, 0) is 28.5 Å². The number of anilines is 1. The van der Waals surface area contributed by atoms with Crippen molar-refractivity contribution in [2.45, 2.75) is 25.9 Å². The summed E-state index contributed by atoms with van der Waals surface area (Å²) in [5.74, 6) is -3.63. The normalized spacial score (nSPS) is 16.7. The van der Waals surface area contributed by atoms with Crippen molar-refractivity contribution >= 4 is 17.6 Å². The highest BCUT2D eigenvalue weighted by atomic mass is 19.1. The Morgan fingerprint density at radius 3 is 2.29 bits per heavy atom. The smallest absolute Gasteiger partial charge is 0.350 e. The van der Waals surface area contributed by atoms with Crippen LogP contribution in [0.5, 0.6) is 0 Å². The number of rotatable bonds is 5. The van der Waals surface area contributed by atoms with E-state index in [4.69, 9.17) is 18.9 Å². The molecule has 7 nitrogen and oxygen atoms in total. The van der Waals surface area contributed by atoms with E-state index in [2.05, 4.69) is 5.32 Å². The topological polar surface area (TPSA) is 83.1 Å². The minimum atomic E-state index is -1.33. The molecule has 0 atom stereocenters. The van der Waals surface area contributed by atoms with E-state index in [1.54, 1.807) is 0 Å². The summed E-state index contributed by atoms with van der Waals surface area (Å²) >= 11 is 0. The van der Waals surface area contributed by atoms with Crippen LogP contribution in [0.25, 0.3) is 0 Å². The molecule has 1 heterocycles. The number of nitrogens with one attached hydrogen (secondary N) is 1. The van der Waals surface area contributed by atoms with Gasteiger partial charge in [0.2, 0.25) is 0 Å². The highest BCUT2D eigenvalue weighted by Crippen LogP contribution is 2.25. The van der Waals surface area contributed by atoms with Crippen molar-refractivity contribution in [3.63, 3.8) is 0 Å². The van der Waals surface area contributed by atoms with E-state index in [9.17, 15) is 14.0 Å². The van der Waals surface area contributed by atoms with Crippen molar-refractivity contribution in [2.24, 2.45) is 0 Å². The quantitative estimate of drug-likeness (QED) is 0.381. The second kappa shape index (κ2) is 6.98. The van der Waals surface area contributed by atoms with Gasteiger partial charge in [-0.25, -0.2) is 14.0 Å². The third-order valence-corrected chi connectivity index (χ3v) is 3.18. The Morgan fingerprint density at radius 2 is 1.75 bits per heavy atom. The van der Waals surface area contributed by atoms with Crippen molar-refractivity contribution in [3.05, 3.63) is 41.4 Å². The molecular formula is C16H18FNO6. The van der Waals surface area contributed by atoms with Gasteiger partial charge in [-0.3, -0.25) is 0 Å². The molecule has 1 saturated heterocycles. The predicted octanol–water partition coefficient (Wildman–Crippen LogP) is 2.25. The molecule has 0 spiro atoms. The second-order valence-electron chi connectivity index (χ2n) is 5.42. The Bertz CT molecular complexity index is 659. The van der Waals surface area contributed by atoms with Gasteiger partial charge in [0.25, 0.3) is 5.79 Å². The molecule has 130 valence electrons. The minimum Gasteiger partial charge on any atom is -0.419 e. The molecule has 0 bridgehead atoms. The molecule has 1 aromatic carbocycles. The van der Waals surface area contributed by atoms with Gasteiger partial charge in [-0.1, -0.05) is 6.07 Å². The number of ether oxygens (including phenoxy) is 4. The molecular weight excluding hydrogens is 321 g/mol. The molecule has 0 saturated carbocycles. The summed E-state index contributed by atoms with van der Waals surface area (Å²) in [4.78, 5) is 23.7. The van der Waals surface area contributed by atoms with Gasteiger partial charge in [-0.05, 0) is 12.1 Å². The SMILES string of the molecule is COC(OC)c1ccc(F)c(NC=C2C(=O)OC(C)(C)OC2=O)c1. The summed E-state index contributed by atoms with van der Waals surface area (Å²) in [7, 11) is 2.89.